The van der Waals surface area contributed by atoms with Crippen LogP contribution < -0.4 is 24.8 Å². The van der Waals surface area contributed by atoms with Gasteiger partial charge in [-0.3, -0.25) is 6.08 Å². The van der Waals surface area contributed by atoms with E-state index in [4.69, 9.17) is 0 Å². The predicted molar refractivity (Wildman–Crippen MR) is 139 cm³/mol. The molecule has 0 heterocycles. The van der Waals surface area contributed by atoms with Crippen molar-refractivity contribution in [1.82, 2.24) is 0 Å². The van der Waals surface area contributed by atoms with Gasteiger partial charge in [0.05, 0.1) is 0 Å². The van der Waals surface area contributed by atoms with Gasteiger partial charge in [-0.2, -0.15) is 29.8 Å². The fraction of sp³-hybridized carbons (Fsp3) is 0.281. The number of rotatable bonds is 3. The van der Waals surface area contributed by atoms with Crippen LogP contribution in [-0.2, 0) is 26.4 Å². The molecule has 182 valence electrons. The van der Waals surface area contributed by atoms with Crippen LogP contribution in [0.25, 0.3) is 11.1 Å². The van der Waals surface area contributed by atoms with Crippen molar-refractivity contribution in [1.29, 1.82) is 0 Å². The number of allylic oxidation sites excluding steroid dienone is 4. The third kappa shape index (κ3) is 9.03. The number of hydrogen-bond acceptors (Lipinski definition) is 0. The normalized spacial score (nSPS) is 11.9. The summed E-state index contributed by atoms with van der Waals surface area (Å²) in [6, 6.07) is 25.5. The van der Waals surface area contributed by atoms with Gasteiger partial charge in [-0.05, 0) is 29.4 Å². The Morgan fingerprint density at radius 1 is 0.857 bits per heavy atom. The summed E-state index contributed by atoms with van der Waals surface area (Å²) in [5, 5.41) is 0. The fourth-order valence-electron chi connectivity index (χ4n) is 3.89. The molecule has 0 fully saturated rings. The molecule has 0 N–H and O–H groups in total. The third-order valence-corrected chi connectivity index (χ3v) is 6.37. The van der Waals surface area contributed by atoms with E-state index in [0.29, 0.717) is 11.8 Å². The van der Waals surface area contributed by atoms with Gasteiger partial charge in [0.25, 0.3) is 0 Å². The summed E-state index contributed by atoms with van der Waals surface area (Å²) in [7, 11) is 0. The Hall–Kier alpha value is -1.70. The van der Waals surface area contributed by atoms with Crippen molar-refractivity contribution >= 4 is 3.81 Å². The topological polar surface area (TPSA) is 0 Å². The Labute approximate surface area is 236 Å². The largest absolute Gasteiger partial charge is 1.00 e. The molecule has 0 atom stereocenters. The van der Waals surface area contributed by atoms with Crippen LogP contribution >= 0.6 is 0 Å². The van der Waals surface area contributed by atoms with E-state index in [1.807, 2.05) is 18.2 Å². The summed E-state index contributed by atoms with van der Waals surface area (Å²) in [5.41, 5.74) is 9.74. The molecule has 35 heavy (non-hydrogen) atoms. The van der Waals surface area contributed by atoms with E-state index in [2.05, 4.69) is 127 Å². The van der Waals surface area contributed by atoms with Crippen LogP contribution in [-0.4, -0.2) is 3.81 Å². The number of benzene rings is 3. The molecule has 3 aromatic rings. The maximum Gasteiger partial charge on any atom is -0.109 e. The van der Waals surface area contributed by atoms with Crippen LogP contribution in [0.3, 0.4) is 0 Å². The molecule has 0 saturated carbocycles. The van der Waals surface area contributed by atoms with Gasteiger partial charge in [-0.25, -0.2) is 12.2 Å². The number of fused-ring (bicyclic) bond motifs is 3. The van der Waals surface area contributed by atoms with E-state index in [0.717, 1.165) is 12.8 Å². The minimum absolute atomic E-state index is 0. The second kappa shape index (κ2) is 15.4. The first kappa shape index (κ1) is 31.3. The minimum atomic E-state index is 0. The Morgan fingerprint density at radius 2 is 1.54 bits per heavy atom. The fourth-order valence-corrected chi connectivity index (χ4v) is 4.15. The van der Waals surface area contributed by atoms with Gasteiger partial charge in [0, 0.05) is 0 Å². The molecule has 0 aliphatic heterocycles. The zero-order valence-electron chi connectivity index (χ0n) is 21.3. The van der Waals surface area contributed by atoms with E-state index in [1.165, 1.54) is 42.8 Å². The second-order valence-corrected chi connectivity index (χ2v) is 10.4. The van der Waals surface area contributed by atoms with E-state index in [1.54, 1.807) is 0 Å². The molecule has 0 aromatic heterocycles. The maximum atomic E-state index is 3.62. The van der Waals surface area contributed by atoms with Crippen molar-refractivity contribution in [3.8, 4) is 11.1 Å². The third-order valence-electron chi connectivity index (χ3n) is 5.92. The van der Waals surface area contributed by atoms with Gasteiger partial charge < -0.3 is 24.8 Å². The van der Waals surface area contributed by atoms with Crippen LogP contribution in [0.5, 0.6) is 0 Å². The molecule has 2 aliphatic carbocycles. The summed E-state index contributed by atoms with van der Waals surface area (Å²) in [6.45, 7) is 11.1. The van der Waals surface area contributed by atoms with Crippen molar-refractivity contribution in [2.75, 3.05) is 0 Å². The standard InChI is InChI=1S/C19H21.C8H8.C5H5.2ClH.Ti/c1-12(2)14-5-7-18-16(9-14)11-17-10-15(13(3)4)6-8-19(17)18;1-2-8-6-4-3-5-7-8;1-2-4-5-3-1;;;/h5-9,12-13H,11H2,1-4H3;3-7H,1H3;1-3H,4H2;2*1H;/q-1;;-1;;;+2/p-2. The molecule has 2 aliphatic rings. The zero-order chi connectivity index (χ0) is 23.8. The average molecular weight is 537 g/mol. The average Bonchev–Trinajstić information content (AvgIpc) is 3.50. The second-order valence-electron chi connectivity index (χ2n) is 9.20. The molecule has 0 bridgehead atoms. The van der Waals surface area contributed by atoms with Gasteiger partial charge in [0.2, 0.25) is 0 Å². The van der Waals surface area contributed by atoms with E-state index < -0.39 is 0 Å². The molecule has 3 aromatic carbocycles. The Bertz CT molecular complexity index is 1080. The minimum Gasteiger partial charge on any atom is -1.00 e. The summed E-state index contributed by atoms with van der Waals surface area (Å²) >= 11 is 2.12. The van der Waals surface area contributed by atoms with Crippen LogP contribution in [0.15, 0.2) is 78.9 Å². The molecule has 0 spiro atoms. The summed E-state index contributed by atoms with van der Waals surface area (Å²) in [4.78, 5) is 0. The monoisotopic (exact) mass is 536 g/mol. The zero-order valence-corrected chi connectivity index (χ0v) is 24.4. The van der Waals surface area contributed by atoms with Gasteiger partial charge >= 0.3 is 66.6 Å². The van der Waals surface area contributed by atoms with Gasteiger partial charge in [0.15, 0.2) is 0 Å². The van der Waals surface area contributed by atoms with Gasteiger partial charge in [-0.1, -0.05) is 51.5 Å². The summed E-state index contributed by atoms with van der Waals surface area (Å²) in [5.74, 6) is 1.16. The van der Waals surface area contributed by atoms with E-state index in [9.17, 15) is 0 Å². The molecule has 0 nitrogen and oxygen atoms in total. The van der Waals surface area contributed by atoms with E-state index in [-0.39, 0.29) is 24.8 Å². The molecule has 0 amide bonds. The Kier molecular flexibility index (Phi) is 13.8. The van der Waals surface area contributed by atoms with Crippen LogP contribution in [0.2, 0.25) is 0 Å². The van der Waals surface area contributed by atoms with Crippen LogP contribution in [0.4, 0.5) is 0 Å². The van der Waals surface area contributed by atoms with E-state index >= 15 is 0 Å². The van der Waals surface area contributed by atoms with Crippen molar-refractivity contribution in [3.05, 3.63) is 119 Å². The van der Waals surface area contributed by atoms with Crippen molar-refractivity contribution in [3.63, 3.8) is 0 Å². The van der Waals surface area contributed by atoms with Crippen molar-refractivity contribution in [2.24, 2.45) is 0 Å². The molecule has 0 saturated heterocycles. The molecular formula is C32H34Cl2Ti-2. The molecular weight excluding hydrogens is 503 g/mol. The SMILES string of the molecule is CC(C)c1[c-]c2c(cc1)-c1ccc(C(C)C)cc1C2.C[C](=[Ti+2])c1ccccc1.[C-]1=CC=CC1.[Cl-].[Cl-]. The first-order chi connectivity index (χ1) is 15.9. The Balaban J connectivity index is 0.000000319. The Morgan fingerprint density at radius 3 is 2.03 bits per heavy atom. The van der Waals surface area contributed by atoms with Gasteiger partial charge in [0.1, 0.15) is 0 Å². The van der Waals surface area contributed by atoms with Crippen molar-refractivity contribution in [2.45, 2.75) is 59.3 Å². The predicted octanol–water partition coefficient (Wildman–Crippen LogP) is 2.39. The first-order valence-electron chi connectivity index (χ1n) is 11.9. The quantitative estimate of drug-likeness (QED) is 0.278. The maximum absolute atomic E-state index is 3.62. The molecule has 0 unspecified atom stereocenters. The van der Waals surface area contributed by atoms with Gasteiger partial charge in [-0.15, -0.1) is 17.5 Å². The first-order valence-corrected chi connectivity index (χ1v) is 12.7. The smallest absolute Gasteiger partial charge is 0.109 e. The van der Waals surface area contributed by atoms with Crippen LogP contribution in [0.1, 0.15) is 80.7 Å². The van der Waals surface area contributed by atoms with Crippen LogP contribution in [0, 0.1) is 12.1 Å². The number of hydrogen-bond donors (Lipinski definition) is 0. The molecule has 0 radical (unpaired) electrons. The number of halogens is 2. The molecule has 5 rings (SSSR count). The van der Waals surface area contributed by atoms with Crippen molar-refractivity contribution < 1.29 is 44.8 Å². The summed E-state index contributed by atoms with van der Waals surface area (Å²) < 4.78 is 1.37. The molecule has 3 heteroatoms. The summed E-state index contributed by atoms with van der Waals surface area (Å²) in [6.07, 6.45) is 11.0.